The highest BCUT2D eigenvalue weighted by Crippen LogP contribution is 2.27. The summed E-state index contributed by atoms with van der Waals surface area (Å²) in [6.07, 6.45) is 0. The monoisotopic (exact) mass is 372 g/mol. The van der Waals surface area contributed by atoms with Crippen molar-refractivity contribution in [2.45, 2.75) is 13.5 Å². The molecule has 0 atom stereocenters. The Hall–Kier alpha value is -2.18. The van der Waals surface area contributed by atoms with E-state index in [4.69, 9.17) is 37.1 Å². The molecule has 0 fully saturated rings. The van der Waals surface area contributed by atoms with Gasteiger partial charge in [-0.1, -0.05) is 23.2 Å². The lowest BCUT2D eigenvalue weighted by Crippen LogP contribution is -2.14. The normalized spacial score (nSPS) is 10.3. The first-order valence-electron chi connectivity index (χ1n) is 6.81. The van der Waals surface area contributed by atoms with Gasteiger partial charge < -0.3 is 18.6 Å². The molecule has 1 aromatic carbocycles. The molecule has 0 aliphatic carbocycles. The van der Waals surface area contributed by atoms with Crippen LogP contribution >= 0.6 is 23.2 Å². The van der Waals surface area contributed by atoms with Crippen LogP contribution in [0.5, 0.6) is 5.75 Å². The number of hydrogen-bond acceptors (Lipinski definition) is 6. The maximum atomic E-state index is 11.7. The third-order valence-electron chi connectivity index (χ3n) is 2.99. The van der Waals surface area contributed by atoms with Gasteiger partial charge in [-0.2, -0.15) is 0 Å². The minimum atomic E-state index is -0.616. The lowest BCUT2D eigenvalue weighted by molar-refractivity contribution is -0.147. The molecule has 24 heavy (non-hydrogen) atoms. The quantitative estimate of drug-likeness (QED) is 0.717. The van der Waals surface area contributed by atoms with Gasteiger partial charge in [0.15, 0.2) is 6.61 Å². The topological polar surface area (TPSA) is 75.0 Å². The maximum absolute atomic E-state index is 11.7. The summed E-state index contributed by atoms with van der Waals surface area (Å²) in [5, 5.41) is 0.754. The van der Waals surface area contributed by atoms with Crippen molar-refractivity contribution < 1.29 is 28.2 Å². The van der Waals surface area contributed by atoms with Gasteiger partial charge in [0.2, 0.25) is 0 Å². The van der Waals surface area contributed by atoms with Crippen molar-refractivity contribution in [2.24, 2.45) is 0 Å². The van der Waals surface area contributed by atoms with Crippen molar-refractivity contribution in [2.75, 3.05) is 13.7 Å². The molecule has 0 spiro atoms. The summed E-state index contributed by atoms with van der Waals surface area (Å²) in [6.45, 7) is 1.16. The molecule has 2 rings (SSSR count). The van der Waals surface area contributed by atoms with Gasteiger partial charge in [0, 0.05) is 5.02 Å². The fourth-order valence-corrected chi connectivity index (χ4v) is 2.31. The molecule has 0 saturated carbocycles. The number of furan rings is 1. The summed E-state index contributed by atoms with van der Waals surface area (Å²) in [5.74, 6) is -0.105. The molecule has 1 heterocycles. The highest BCUT2D eigenvalue weighted by Gasteiger charge is 2.16. The molecule has 128 valence electrons. The van der Waals surface area contributed by atoms with Gasteiger partial charge in [0.1, 0.15) is 29.4 Å². The maximum Gasteiger partial charge on any atom is 0.344 e. The summed E-state index contributed by atoms with van der Waals surface area (Å²) in [6, 6.07) is 6.11. The van der Waals surface area contributed by atoms with E-state index < -0.39 is 11.9 Å². The minimum Gasteiger partial charge on any atom is -0.480 e. The second kappa shape index (κ2) is 8.08. The molecular weight excluding hydrogens is 359 g/mol. The number of hydrogen-bond donors (Lipinski definition) is 0. The van der Waals surface area contributed by atoms with E-state index in [1.165, 1.54) is 19.2 Å². The molecule has 0 bridgehead atoms. The fourth-order valence-electron chi connectivity index (χ4n) is 1.85. The number of halogens is 2. The number of aryl methyl sites for hydroxylation is 1. The number of methoxy groups -OCH3 is 1. The van der Waals surface area contributed by atoms with E-state index in [9.17, 15) is 9.59 Å². The van der Waals surface area contributed by atoms with E-state index >= 15 is 0 Å². The zero-order chi connectivity index (χ0) is 17.7. The number of carbonyl (C=O) groups excluding carboxylic acids is 2. The molecule has 0 amide bonds. The lowest BCUT2D eigenvalue weighted by Gasteiger charge is -2.07. The molecular formula is C16H14Cl2O6. The van der Waals surface area contributed by atoms with Gasteiger partial charge in [0.25, 0.3) is 0 Å². The first kappa shape index (κ1) is 18.2. The van der Waals surface area contributed by atoms with Gasteiger partial charge in [-0.15, -0.1) is 0 Å². The molecule has 8 heteroatoms. The molecule has 0 radical (unpaired) electrons. The molecule has 6 nitrogen and oxygen atoms in total. The smallest absolute Gasteiger partial charge is 0.344 e. The van der Waals surface area contributed by atoms with E-state index in [0.717, 1.165) is 0 Å². The predicted octanol–water partition coefficient (Wildman–Crippen LogP) is 3.80. The lowest BCUT2D eigenvalue weighted by atomic mass is 10.2. The Morgan fingerprint density at radius 1 is 1.21 bits per heavy atom. The van der Waals surface area contributed by atoms with E-state index in [-0.39, 0.29) is 18.8 Å². The zero-order valence-electron chi connectivity index (χ0n) is 12.9. The van der Waals surface area contributed by atoms with Gasteiger partial charge in [-0.3, -0.25) is 0 Å². The van der Waals surface area contributed by atoms with Crippen LogP contribution in [0.4, 0.5) is 0 Å². The van der Waals surface area contributed by atoms with Crippen LogP contribution in [0.3, 0.4) is 0 Å². The molecule has 2 aromatic rings. The van der Waals surface area contributed by atoms with E-state index in [2.05, 4.69) is 4.74 Å². The third-order valence-corrected chi connectivity index (χ3v) is 3.52. The van der Waals surface area contributed by atoms with E-state index in [0.29, 0.717) is 27.3 Å². The number of ether oxygens (including phenoxy) is 3. The Morgan fingerprint density at radius 3 is 2.62 bits per heavy atom. The Morgan fingerprint density at radius 2 is 1.96 bits per heavy atom. The van der Waals surface area contributed by atoms with Crippen molar-refractivity contribution in [3.8, 4) is 5.75 Å². The second-order valence-electron chi connectivity index (χ2n) is 4.70. The average molecular weight is 373 g/mol. The molecule has 1 aromatic heterocycles. The highest BCUT2D eigenvalue weighted by atomic mass is 35.5. The third kappa shape index (κ3) is 4.66. The predicted molar refractivity (Wildman–Crippen MR) is 86.5 cm³/mol. The average Bonchev–Trinajstić information content (AvgIpc) is 2.92. The molecule has 0 N–H and O–H groups in total. The number of benzene rings is 1. The van der Waals surface area contributed by atoms with Crippen molar-refractivity contribution in [1.29, 1.82) is 0 Å². The SMILES string of the molecule is COC(=O)c1cc(COC(=O)COc2ccc(Cl)cc2Cl)oc1C. The fraction of sp³-hybridized carbons (Fsp3) is 0.250. The number of rotatable bonds is 6. The van der Waals surface area contributed by atoms with Crippen LogP contribution in [0.25, 0.3) is 0 Å². The minimum absolute atomic E-state index is 0.131. The summed E-state index contributed by atoms with van der Waals surface area (Å²) < 4.78 is 20.2. The van der Waals surface area contributed by atoms with Crippen LogP contribution in [0, 0.1) is 6.92 Å². The molecule has 0 aliphatic heterocycles. The van der Waals surface area contributed by atoms with E-state index in [1.807, 2.05) is 0 Å². The van der Waals surface area contributed by atoms with Gasteiger partial charge in [-0.25, -0.2) is 9.59 Å². The van der Waals surface area contributed by atoms with Crippen LogP contribution in [-0.4, -0.2) is 25.7 Å². The number of esters is 2. The number of carbonyl (C=O) groups is 2. The Labute approximate surface area is 148 Å². The molecule has 0 unspecified atom stereocenters. The van der Waals surface area contributed by atoms with Crippen molar-refractivity contribution >= 4 is 35.1 Å². The van der Waals surface area contributed by atoms with Crippen molar-refractivity contribution in [3.63, 3.8) is 0 Å². The summed E-state index contributed by atoms with van der Waals surface area (Å²) >= 11 is 11.7. The van der Waals surface area contributed by atoms with Crippen LogP contribution in [0.2, 0.25) is 10.0 Å². The van der Waals surface area contributed by atoms with E-state index in [1.54, 1.807) is 19.1 Å². The van der Waals surface area contributed by atoms with Gasteiger partial charge in [0.05, 0.1) is 12.1 Å². The van der Waals surface area contributed by atoms with Crippen molar-refractivity contribution in [3.05, 3.63) is 51.4 Å². The first-order valence-corrected chi connectivity index (χ1v) is 7.57. The summed E-state index contributed by atoms with van der Waals surface area (Å²) in [4.78, 5) is 23.2. The highest BCUT2D eigenvalue weighted by molar-refractivity contribution is 6.35. The van der Waals surface area contributed by atoms with Crippen molar-refractivity contribution in [1.82, 2.24) is 0 Å². The summed E-state index contributed by atoms with van der Waals surface area (Å²) in [7, 11) is 1.27. The second-order valence-corrected chi connectivity index (χ2v) is 5.54. The molecule has 0 saturated heterocycles. The van der Waals surface area contributed by atoms with Crippen LogP contribution in [0.15, 0.2) is 28.7 Å². The largest absolute Gasteiger partial charge is 0.480 e. The summed E-state index contributed by atoms with van der Waals surface area (Å²) in [5.41, 5.74) is 0.285. The zero-order valence-corrected chi connectivity index (χ0v) is 14.4. The van der Waals surface area contributed by atoms with Crippen LogP contribution in [0.1, 0.15) is 21.9 Å². The van der Waals surface area contributed by atoms with Gasteiger partial charge >= 0.3 is 11.9 Å². The Bertz CT molecular complexity index is 753. The van der Waals surface area contributed by atoms with Crippen LogP contribution < -0.4 is 4.74 Å². The van der Waals surface area contributed by atoms with Gasteiger partial charge in [-0.05, 0) is 31.2 Å². The Balaban J connectivity index is 1.86. The van der Waals surface area contributed by atoms with Crippen LogP contribution in [-0.2, 0) is 20.9 Å². The molecule has 0 aliphatic rings. The first-order chi connectivity index (χ1) is 11.4. The Kier molecular flexibility index (Phi) is 6.11. The standard InChI is InChI=1S/C16H14Cl2O6/c1-9-12(16(20)21-2)6-11(24-9)7-23-15(19)8-22-14-4-3-10(17)5-13(14)18/h3-6H,7-8H2,1-2H3.